The fraction of sp³-hybridized carbons (Fsp3) is 0.111. The maximum atomic E-state index is 4.17. The zero-order chi connectivity index (χ0) is 10.1. The molecule has 2 aromatic heterocycles. The summed E-state index contributed by atoms with van der Waals surface area (Å²) in [6, 6.07) is 1.93. The van der Waals surface area contributed by atoms with Crippen LogP contribution in [0.3, 0.4) is 0 Å². The molecule has 0 aliphatic rings. The minimum atomic E-state index is 0.795. The van der Waals surface area contributed by atoms with Crippen LogP contribution in [0.15, 0.2) is 33.7 Å². The van der Waals surface area contributed by atoms with Crippen molar-refractivity contribution in [2.45, 2.75) is 6.92 Å². The molecule has 0 aliphatic heterocycles. The zero-order valence-electron chi connectivity index (χ0n) is 7.41. The highest BCUT2D eigenvalue weighted by atomic mass is 79.9. The van der Waals surface area contributed by atoms with E-state index in [9.17, 15) is 0 Å². The molecule has 0 aromatic carbocycles. The third kappa shape index (κ3) is 1.62. The van der Waals surface area contributed by atoms with E-state index in [2.05, 4.69) is 41.8 Å². The molecule has 3 nitrogen and oxygen atoms in total. The molecule has 2 rings (SSSR count). The molecule has 0 amide bonds. The molecular formula is C9H7Br2N3. The smallest absolute Gasteiger partial charge is 0.122 e. The molecule has 0 saturated heterocycles. The van der Waals surface area contributed by atoms with Gasteiger partial charge >= 0.3 is 0 Å². The SMILES string of the molecule is Cc1nccn1-c1ccnc(Br)c1Br. The van der Waals surface area contributed by atoms with E-state index in [1.807, 2.05) is 23.8 Å². The predicted molar refractivity (Wildman–Crippen MR) is 61.5 cm³/mol. The van der Waals surface area contributed by atoms with Crippen LogP contribution in [0.4, 0.5) is 0 Å². The van der Waals surface area contributed by atoms with Crippen LogP contribution in [0.1, 0.15) is 5.82 Å². The topological polar surface area (TPSA) is 30.7 Å². The maximum Gasteiger partial charge on any atom is 0.122 e. The van der Waals surface area contributed by atoms with Gasteiger partial charge in [-0.05, 0) is 44.8 Å². The van der Waals surface area contributed by atoms with Crippen LogP contribution in [0.2, 0.25) is 0 Å². The van der Waals surface area contributed by atoms with Crippen molar-refractivity contribution in [3.63, 3.8) is 0 Å². The van der Waals surface area contributed by atoms with Crippen molar-refractivity contribution >= 4 is 31.9 Å². The molecule has 0 atom stereocenters. The van der Waals surface area contributed by atoms with Crippen molar-refractivity contribution in [3.8, 4) is 5.69 Å². The van der Waals surface area contributed by atoms with Gasteiger partial charge in [0.1, 0.15) is 10.4 Å². The van der Waals surface area contributed by atoms with E-state index in [-0.39, 0.29) is 0 Å². The summed E-state index contributed by atoms with van der Waals surface area (Å²) >= 11 is 6.84. The van der Waals surface area contributed by atoms with Gasteiger partial charge in [-0.1, -0.05) is 0 Å². The van der Waals surface area contributed by atoms with Crippen LogP contribution >= 0.6 is 31.9 Å². The lowest BCUT2D eigenvalue weighted by Crippen LogP contribution is -1.97. The van der Waals surface area contributed by atoms with Gasteiger partial charge in [-0.3, -0.25) is 0 Å². The predicted octanol–water partition coefficient (Wildman–Crippen LogP) is 3.10. The molecule has 72 valence electrons. The van der Waals surface area contributed by atoms with E-state index >= 15 is 0 Å². The van der Waals surface area contributed by atoms with E-state index in [4.69, 9.17) is 0 Å². The Balaban J connectivity index is 2.63. The van der Waals surface area contributed by atoms with Crippen molar-refractivity contribution in [3.05, 3.63) is 39.6 Å². The Morgan fingerprint density at radius 1 is 1.21 bits per heavy atom. The lowest BCUT2D eigenvalue weighted by molar-refractivity contribution is 0.961. The average Bonchev–Trinajstić information content (AvgIpc) is 2.57. The van der Waals surface area contributed by atoms with Crippen molar-refractivity contribution < 1.29 is 0 Å². The van der Waals surface area contributed by atoms with Gasteiger partial charge < -0.3 is 4.57 Å². The average molecular weight is 317 g/mol. The van der Waals surface area contributed by atoms with Gasteiger partial charge in [0.2, 0.25) is 0 Å². The molecular weight excluding hydrogens is 310 g/mol. The lowest BCUT2D eigenvalue weighted by Gasteiger charge is -2.07. The molecule has 2 aromatic rings. The second-order valence-corrected chi connectivity index (χ2v) is 4.32. The van der Waals surface area contributed by atoms with E-state index < -0.39 is 0 Å². The Bertz CT molecular complexity index is 465. The largest absolute Gasteiger partial charge is 0.303 e. The highest BCUT2D eigenvalue weighted by Gasteiger charge is 2.07. The molecule has 2 heterocycles. The Hall–Kier alpha value is -0.680. The van der Waals surface area contributed by atoms with Crippen LogP contribution in [-0.2, 0) is 0 Å². The van der Waals surface area contributed by atoms with Crippen molar-refractivity contribution in [1.82, 2.24) is 14.5 Å². The summed E-state index contributed by atoms with van der Waals surface area (Å²) in [6.07, 6.45) is 5.45. The Labute approximate surface area is 98.4 Å². The molecule has 0 radical (unpaired) electrons. The van der Waals surface area contributed by atoms with E-state index in [0.29, 0.717) is 0 Å². The maximum absolute atomic E-state index is 4.17. The Morgan fingerprint density at radius 2 is 2.00 bits per heavy atom. The molecule has 0 saturated carbocycles. The second kappa shape index (κ2) is 3.82. The van der Waals surface area contributed by atoms with Gasteiger partial charge in [0, 0.05) is 18.6 Å². The normalized spacial score (nSPS) is 10.5. The van der Waals surface area contributed by atoms with E-state index in [1.54, 1.807) is 12.4 Å². The second-order valence-electron chi connectivity index (χ2n) is 2.78. The number of nitrogens with zero attached hydrogens (tertiary/aromatic N) is 3. The van der Waals surface area contributed by atoms with Crippen LogP contribution in [-0.4, -0.2) is 14.5 Å². The quantitative estimate of drug-likeness (QED) is 0.757. The van der Waals surface area contributed by atoms with Gasteiger partial charge in [0.15, 0.2) is 0 Å². The van der Waals surface area contributed by atoms with Gasteiger partial charge in [0.25, 0.3) is 0 Å². The van der Waals surface area contributed by atoms with Crippen molar-refractivity contribution in [2.75, 3.05) is 0 Å². The number of imidazole rings is 1. The Kier molecular flexibility index (Phi) is 2.69. The fourth-order valence-corrected chi connectivity index (χ4v) is 1.97. The van der Waals surface area contributed by atoms with Crippen LogP contribution < -0.4 is 0 Å². The summed E-state index contributed by atoms with van der Waals surface area (Å²) in [5, 5.41) is 0. The minimum absolute atomic E-state index is 0.795. The number of pyridine rings is 1. The van der Waals surface area contributed by atoms with Gasteiger partial charge in [-0.2, -0.15) is 0 Å². The first-order valence-corrected chi connectivity index (χ1v) is 5.59. The number of rotatable bonds is 1. The highest BCUT2D eigenvalue weighted by molar-refractivity contribution is 9.13. The monoisotopic (exact) mass is 315 g/mol. The molecule has 0 aliphatic carbocycles. The third-order valence-electron chi connectivity index (χ3n) is 1.91. The molecule has 0 bridgehead atoms. The van der Waals surface area contributed by atoms with Crippen molar-refractivity contribution in [1.29, 1.82) is 0 Å². The molecule has 0 fully saturated rings. The summed E-state index contributed by atoms with van der Waals surface area (Å²) in [5.41, 5.74) is 1.03. The number of hydrogen-bond donors (Lipinski definition) is 0. The zero-order valence-corrected chi connectivity index (χ0v) is 10.6. The summed E-state index contributed by atoms with van der Waals surface area (Å²) in [7, 11) is 0. The first-order chi connectivity index (χ1) is 6.70. The fourth-order valence-electron chi connectivity index (χ4n) is 1.23. The molecule has 5 heteroatoms. The highest BCUT2D eigenvalue weighted by Crippen LogP contribution is 2.27. The number of halogens is 2. The Morgan fingerprint density at radius 3 is 2.64 bits per heavy atom. The summed E-state index contributed by atoms with van der Waals surface area (Å²) < 4.78 is 3.72. The van der Waals surface area contributed by atoms with Crippen LogP contribution in [0, 0.1) is 6.92 Å². The van der Waals surface area contributed by atoms with Crippen LogP contribution in [0.25, 0.3) is 5.69 Å². The number of aryl methyl sites for hydroxylation is 1. The number of aromatic nitrogens is 3. The third-order valence-corrected chi connectivity index (χ3v) is 3.83. The minimum Gasteiger partial charge on any atom is -0.303 e. The first-order valence-electron chi connectivity index (χ1n) is 4.00. The van der Waals surface area contributed by atoms with Crippen LogP contribution in [0.5, 0.6) is 0 Å². The van der Waals surface area contributed by atoms with E-state index in [0.717, 1.165) is 20.6 Å². The standard InChI is InChI=1S/C9H7Br2N3/c1-6-12-4-5-14(6)7-2-3-13-9(11)8(7)10/h2-5H,1H3. The molecule has 0 N–H and O–H groups in total. The number of hydrogen-bond acceptors (Lipinski definition) is 2. The molecule has 14 heavy (non-hydrogen) atoms. The van der Waals surface area contributed by atoms with E-state index in [1.165, 1.54) is 0 Å². The van der Waals surface area contributed by atoms with Gasteiger partial charge in [-0.25, -0.2) is 9.97 Å². The summed E-state index contributed by atoms with van der Waals surface area (Å²) in [6.45, 7) is 1.96. The first kappa shape index (κ1) is 9.86. The summed E-state index contributed by atoms with van der Waals surface area (Å²) in [5.74, 6) is 0.948. The lowest BCUT2D eigenvalue weighted by atomic mass is 10.4. The molecule has 0 spiro atoms. The van der Waals surface area contributed by atoms with Crippen molar-refractivity contribution in [2.24, 2.45) is 0 Å². The summed E-state index contributed by atoms with van der Waals surface area (Å²) in [4.78, 5) is 8.29. The molecule has 0 unspecified atom stereocenters. The van der Waals surface area contributed by atoms with Gasteiger partial charge in [0.05, 0.1) is 10.2 Å². The van der Waals surface area contributed by atoms with Gasteiger partial charge in [-0.15, -0.1) is 0 Å².